The number of hydrogen-bond donors (Lipinski definition) is 2. The van der Waals surface area contributed by atoms with Crippen molar-refractivity contribution in [3.05, 3.63) is 24.1 Å². The van der Waals surface area contributed by atoms with Gasteiger partial charge < -0.3 is 10.4 Å². The molecule has 0 fully saturated rings. The van der Waals surface area contributed by atoms with Gasteiger partial charge in [0.05, 0.1) is 6.61 Å². The van der Waals surface area contributed by atoms with Crippen LogP contribution >= 0.6 is 0 Å². The summed E-state index contributed by atoms with van der Waals surface area (Å²) < 4.78 is 12.7. The number of nitrogens with zero attached hydrogens (tertiary/aromatic N) is 1. The molecule has 0 bridgehead atoms. The van der Waals surface area contributed by atoms with Crippen LogP contribution in [0.3, 0.4) is 0 Å². The normalized spacial score (nSPS) is 9.64. The van der Waals surface area contributed by atoms with Crippen LogP contribution in [0.4, 0.5) is 10.2 Å². The molecule has 0 aliphatic heterocycles. The smallest absolute Gasteiger partial charge is 0.165 e. The van der Waals surface area contributed by atoms with E-state index in [2.05, 4.69) is 10.3 Å². The molecular formula is C7H9FN2O. The quantitative estimate of drug-likeness (QED) is 0.674. The van der Waals surface area contributed by atoms with Gasteiger partial charge in [-0.15, -0.1) is 0 Å². The van der Waals surface area contributed by atoms with E-state index >= 15 is 0 Å². The fourth-order valence-electron chi connectivity index (χ4n) is 0.690. The Morgan fingerprint density at radius 3 is 3.09 bits per heavy atom. The molecule has 2 N–H and O–H groups in total. The monoisotopic (exact) mass is 156 g/mol. The number of aromatic nitrogens is 1. The third-order valence-electron chi connectivity index (χ3n) is 1.16. The highest BCUT2D eigenvalue weighted by Crippen LogP contribution is 2.06. The van der Waals surface area contributed by atoms with Gasteiger partial charge in [-0.1, -0.05) is 0 Å². The predicted octanol–water partition coefficient (Wildman–Crippen LogP) is 0.625. The van der Waals surface area contributed by atoms with Gasteiger partial charge >= 0.3 is 0 Å². The van der Waals surface area contributed by atoms with Crippen LogP contribution in [0.2, 0.25) is 0 Å². The van der Waals surface area contributed by atoms with E-state index in [1.54, 1.807) is 0 Å². The van der Waals surface area contributed by atoms with Gasteiger partial charge in [-0.2, -0.15) is 0 Å². The van der Waals surface area contributed by atoms with Gasteiger partial charge in [0.1, 0.15) is 0 Å². The molecule has 0 aliphatic rings. The number of aliphatic hydroxyl groups excluding tert-OH is 1. The van der Waals surface area contributed by atoms with E-state index in [1.807, 2.05) is 0 Å². The predicted molar refractivity (Wildman–Crippen MR) is 39.8 cm³/mol. The molecule has 3 nitrogen and oxygen atoms in total. The van der Waals surface area contributed by atoms with Gasteiger partial charge in [-0.25, -0.2) is 9.37 Å². The topological polar surface area (TPSA) is 45.1 Å². The molecule has 0 saturated carbocycles. The Labute approximate surface area is 63.9 Å². The standard InChI is InChI=1S/C7H9FN2O/c8-6-2-1-3-9-7(6)10-4-5-11/h1-3,11H,4-5H2,(H,9,10). The number of aliphatic hydroxyl groups is 1. The third-order valence-corrected chi connectivity index (χ3v) is 1.16. The van der Waals surface area contributed by atoms with Crippen LogP contribution in [0.5, 0.6) is 0 Å². The highest BCUT2D eigenvalue weighted by molar-refractivity contribution is 5.35. The first-order valence-electron chi connectivity index (χ1n) is 3.30. The van der Waals surface area contributed by atoms with Crippen molar-refractivity contribution >= 4 is 5.82 Å². The summed E-state index contributed by atoms with van der Waals surface area (Å²) in [5.74, 6) is -0.220. The molecule has 0 radical (unpaired) electrons. The average molecular weight is 156 g/mol. The zero-order valence-corrected chi connectivity index (χ0v) is 5.92. The SMILES string of the molecule is OCCNc1ncccc1F. The van der Waals surface area contributed by atoms with Crippen molar-refractivity contribution in [3.8, 4) is 0 Å². The van der Waals surface area contributed by atoms with E-state index in [-0.39, 0.29) is 12.4 Å². The van der Waals surface area contributed by atoms with Crippen molar-refractivity contribution in [1.82, 2.24) is 4.98 Å². The van der Waals surface area contributed by atoms with Gasteiger partial charge in [0.25, 0.3) is 0 Å². The highest BCUT2D eigenvalue weighted by Gasteiger charge is 1.98. The molecule has 0 amide bonds. The molecule has 0 atom stereocenters. The Morgan fingerprint density at radius 1 is 1.64 bits per heavy atom. The Balaban J connectivity index is 2.62. The molecular weight excluding hydrogens is 147 g/mol. The zero-order chi connectivity index (χ0) is 8.10. The van der Waals surface area contributed by atoms with Crippen LogP contribution in [0.25, 0.3) is 0 Å². The Hall–Kier alpha value is -1.16. The molecule has 1 aromatic heterocycles. The summed E-state index contributed by atoms with van der Waals surface area (Å²) in [6.45, 7) is 0.282. The highest BCUT2D eigenvalue weighted by atomic mass is 19.1. The summed E-state index contributed by atoms with van der Waals surface area (Å²) in [6.07, 6.45) is 1.49. The zero-order valence-electron chi connectivity index (χ0n) is 5.92. The fraction of sp³-hybridized carbons (Fsp3) is 0.286. The molecule has 11 heavy (non-hydrogen) atoms. The maximum absolute atomic E-state index is 12.7. The van der Waals surface area contributed by atoms with Crippen molar-refractivity contribution in [3.63, 3.8) is 0 Å². The second-order valence-electron chi connectivity index (χ2n) is 1.98. The van der Waals surface area contributed by atoms with Crippen LogP contribution in [0.15, 0.2) is 18.3 Å². The van der Waals surface area contributed by atoms with Gasteiger partial charge in [-0.05, 0) is 12.1 Å². The fourth-order valence-corrected chi connectivity index (χ4v) is 0.690. The maximum Gasteiger partial charge on any atom is 0.165 e. The Morgan fingerprint density at radius 2 is 2.45 bits per heavy atom. The first kappa shape index (κ1) is 7.94. The summed E-state index contributed by atoms with van der Waals surface area (Å²) in [5.41, 5.74) is 0. The van der Waals surface area contributed by atoms with Crippen molar-refractivity contribution in [2.75, 3.05) is 18.5 Å². The number of pyridine rings is 1. The molecule has 60 valence electrons. The van der Waals surface area contributed by atoms with Crippen molar-refractivity contribution in [2.24, 2.45) is 0 Å². The molecule has 0 saturated heterocycles. The van der Waals surface area contributed by atoms with Crippen LogP contribution in [0, 0.1) is 5.82 Å². The average Bonchev–Trinajstić information content (AvgIpc) is 2.03. The number of nitrogens with one attached hydrogen (secondary N) is 1. The van der Waals surface area contributed by atoms with Crippen LogP contribution in [-0.4, -0.2) is 23.2 Å². The van der Waals surface area contributed by atoms with E-state index < -0.39 is 5.82 Å². The Kier molecular flexibility index (Phi) is 2.80. The van der Waals surface area contributed by atoms with E-state index in [0.717, 1.165) is 0 Å². The van der Waals surface area contributed by atoms with Crippen LogP contribution < -0.4 is 5.32 Å². The third kappa shape index (κ3) is 2.16. The van der Waals surface area contributed by atoms with Crippen LogP contribution in [-0.2, 0) is 0 Å². The molecule has 0 unspecified atom stereocenters. The lowest BCUT2D eigenvalue weighted by Crippen LogP contribution is -2.08. The molecule has 4 heteroatoms. The number of rotatable bonds is 3. The summed E-state index contributed by atoms with van der Waals surface area (Å²) in [7, 11) is 0. The van der Waals surface area contributed by atoms with E-state index in [4.69, 9.17) is 5.11 Å². The molecule has 1 heterocycles. The molecule has 1 rings (SSSR count). The molecule has 0 aromatic carbocycles. The second-order valence-corrected chi connectivity index (χ2v) is 1.98. The van der Waals surface area contributed by atoms with Gasteiger partial charge in [0.2, 0.25) is 0 Å². The lowest BCUT2D eigenvalue weighted by molar-refractivity contribution is 0.310. The minimum atomic E-state index is -0.402. The van der Waals surface area contributed by atoms with Crippen molar-refractivity contribution < 1.29 is 9.50 Å². The first-order valence-corrected chi connectivity index (χ1v) is 3.30. The second kappa shape index (κ2) is 3.88. The van der Waals surface area contributed by atoms with Crippen LogP contribution in [0.1, 0.15) is 0 Å². The molecule has 0 spiro atoms. The van der Waals surface area contributed by atoms with Crippen molar-refractivity contribution in [1.29, 1.82) is 0 Å². The Bertz CT molecular complexity index is 229. The summed E-state index contributed by atoms with van der Waals surface area (Å²) in [5, 5.41) is 11.0. The van der Waals surface area contributed by atoms with Gasteiger partial charge in [0.15, 0.2) is 11.6 Å². The number of halogens is 1. The lowest BCUT2D eigenvalue weighted by atomic mass is 10.4. The lowest BCUT2D eigenvalue weighted by Gasteiger charge is -2.02. The van der Waals surface area contributed by atoms with Gasteiger partial charge in [0, 0.05) is 12.7 Å². The maximum atomic E-state index is 12.7. The molecule has 0 aliphatic carbocycles. The largest absolute Gasteiger partial charge is 0.395 e. The number of anilines is 1. The minimum Gasteiger partial charge on any atom is -0.395 e. The van der Waals surface area contributed by atoms with E-state index in [1.165, 1.54) is 18.3 Å². The summed E-state index contributed by atoms with van der Waals surface area (Å²) in [4.78, 5) is 3.72. The first-order chi connectivity index (χ1) is 5.34. The summed E-state index contributed by atoms with van der Waals surface area (Å²) >= 11 is 0. The van der Waals surface area contributed by atoms with E-state index in [9.17, 15) is 4.39 Å². The minimum absolute atomic E-state index is 0.0317. The number of hydrogen-bond acceptors (Lipinski definition) is 3. The van der Waals surface area contributed by atoms with Gasteiger partial charge in [-0.3, -0.25) is 0 Å². The summed E-state index contributed by atoms with van der Waals surface area (Å²) in [6, 6.07) is 2.83. The van der Waals surface area contributed by atoms with E-state index in [0.29, 0.717) is 6.54 Å². The molecule has 1 aromatic rings. The van der Waals surface area contributed by atoms with Crippen molar-refractivity contribution in [2.45, 2.75) is 0 Å².